The van der Waals surface area contributed by atoms with Crippen molar-refractivity contribution in [2.45, 2.75) is 13.3 Å². The van der Waals surface area contributed by atoms with Crippen LogP contribution in [-0.4, -0.2) is 5.78 Å². The summed E-state index contributed by atoms with van der Waals surface area (Å²) in [6, 6.07) is 10.2. The highest BCUT2D eigenvalue weighted by Crippen LogP contribution is 2.20. The molecule has 0 saturated carbocycles. The van der Waals surface area contributed by atoms with E-state index in [1.54, 1.807) is 18.2 Å². The summed E-state index contributed by atoms with van der Waals surface area (Å²) < 4.78 is 14.4. The first-order valence-electron chi connectivity index (χ1n) is 5.70. The van der Waals surface area contributed by atoms with Gasteiger partial charge >= 0.3 is 0 Å². The minimum absolute atomic E-state index is 0.0166. The Hall–Kier alpha value is -1.00. The van der Waals surface area contributed by atoms with Crippen molar-refractivity contribution in [3.8, 4) is 0 Å². The number of carbonyl (C=O) groups is 1. The van der Waals surface area contributed by atoms with Crippen LogP contribution in [0.5, 0.6) is 0 Å². The molecule has 0 bridgehead atoms. The summed E-state index contributed by atoms with van der Waals surface area (Å²) in [5.41, 5.74) is 2.47. The highest BCUT2D eigenvalue weighted by Gasteiger charge is 2.10. The Balaban J connectivity index is 2.22. The molecular weight excluding hydrogens is 375 g/mol. The number of hydrogen-bond donors (Lipinski definition) is 0. The van der Waals surface area contributed by atoms with Crippen LogP contribution >= 0.6 is 31.9 Å². The predicted octanol–water partition coefficient (Wildman–Crippen LogP) is 5.08. The van der Waals surface area contributed by atoms with Gasteiger partial charge in [0.25, 0.3) is 0 Å². The van der Waals surface area contributed by atoms with Crippen molar-refractivity contribution >= 4 is 37.6 Å². The van der Waals surface area contributed by atoms with Gasteiger partial charge < -0.3 is 0 Å². The lowest BCUT2D eigenvalue weighted by molar-refractivity contribution is 0.0993. The monoisotopic (exact) mass is 384 g/mol. The van der Waals surface area contributed by atoms with Gasteiger partial charge in [0.15, 0.2) is 5.78 Å². The number of Topliss-reactive ketones (excluding diaryl/α,β-unsaturated/α-hetero) is 1. The summed E-state index contributed by atoms with van der Waals surface area (Å²) in [6.45, 7) is 1.94. The van der Waals surface area contributed by atoms with Crippen LogP contribution in [0.2, 0.25) is 0 Å². The molecule has 0 radical (unpaired) electrons. The number of carbonyl (C=O) groups excluding carboxylic acids is 1. The van der Waals surface area contributed by atoms with E-state index in [9.17, 15) is 9.18 Å². The molecule has 0 saturated heterocycles. The maximum Gasteiger partial charge on any atom is 0.167 e. The molecule has 0 amide bonds. The molecule has 2 aromatic rings. The van der Waals surface area contributed by atoms with Crippen LogP contribution in [0, 0.1) is 12.7 Å². The fraction of sp³-hybridized carbons (Fsp3) is 0.133. The van der Waals surface area contributed by atoms with Crippen molar-refractivity contribution in [3.63, 3.8) is 0 Å². The van der Waals surface area contributed by atoms with Crippen LogP contribution in [0.3, 0.4) is 0 Å². The van der Waals surface area contributed by atoms with Gasteiger partial charge in [-0.2, -0.15) is 0 Å². The number of rotatable bonds is 3. The zero-order valence-corrected chi connectivity index (χ0v) is 13.4. The average Bonchev–Trinajstić information content (AvgIpc) is 2.32. The summed E-state index contributed by atoms with van der Waals surface area (Å²) in [6.07, 6.45) is 0.259. The van der Waals surface area contributed by atoms with Crippen LogP contribution in [0.25, 0.3) is 0 Å². The predicted molar refractivity (Wildman–Crippen MR) is 81.0 cm³/mol. The van der Waals surface area contributed by atoms with E-state index in [1.165, 1.54) is 6.07 Å². The molecule has 0 fully saturated rings. The van der Waals surface area contributed by atoms with E-state index in [-0.39, 0.29) is 18.0 Å². The standard InChI is InChI=1S/C15H11Br2FO/c1-9-4-11(8-12(16)5-9)15(19)7-10-2-3-14(18)13(17)6-10/h2-6,8H,7H2,1H3. The third-order valence-electron chi connectivity index (χ3n) is 2.71. The van der Waals surface area contributed by atoms with E-state index in [0.29, 0.717) is 10.0 Å². The molecule has 0 aromatic heterocycles. The molecule has 0 aliphatic heterocycles. The van der Waals surface area contributed by atoms with Gasteiger partial charge in [-0.05, 0) is 64.3 Å². The quantitative estimate of drug-likeness (QED) is 0.673. The first-order valence-corrected chi connectivity index (χ1v) is 7.28. The van der Waals surface area contributed by atoms with Crippen molar-refractivity contribution in [2.75, 3.05) is 0 Å². The van der Waals surface area contributed by atoms with Crippen molar-refractivity contribution in [2.24, 2.45) is 0 Å². The van der Waals surface area contributed by atoms with Gasteiger partial charge in [-0.3, -0.25) is 4.79 Å². The molecular formula is C15H11Br2FO. The lowest BCUT2D eigenvalue weighted by Crippen LogP contribution is -2.04. The maximum atomic E-state index is 13.1. The molecule has 0 atom stereocenters. The second-order valence-electron chi connectivity index (χ2n) is 4.37. The van der Waals surface area contributed by atoms with Gasteiger partial charge in [0.05, 0.1) is 4.47 Å². The minimum Gasteiger partial charge on any atom is -0.294 e. The highest BCUT2D eigenvalue weighted by molar-refractivity contribution is 9.10. The second kappa shape index (κ2) is 5.97. The fourth-order valence-corrected chi connectivity index (χ4v) is 2.87. The SMILES string of the molecule is Cc1cc(Br)cc(C(=O)Cc2ccc(F)c(Br)c2)c1. The second-order valence-corrected chi connectivity index (χ2v) is 6.14. The topological polar surface area (TPSA) is 17.1 Å². The fourth-order valence-electron chi connectivity index (χ4n) is 1.83. The third kappa shape index (κ3) is 3.74. The van der Waals surface area contributed by atoms with Crippen LogP contribution in [0.15, 0.2) is 45.3 Å². The summed E-state index contributed by atoms with van der Waals surface area (Å²) in [5, 5.41) is 0. The Kier molecular flexibility index (Phi) is 4.53. The number of ketones is 1. The first kappa shape index (κ1) is 14.4. The van der Waals surface area contributed by atoms with Crippen LogP contribution in [0.4, 0.5) is 4.39 Å². The molecule has 0 unspecified atom stereocenters. The highest BCUT2D eigenvalue weighted by atomic mass is 79.9. The minimum atomic E-state index is -0.325. The van der Waals surface area contributed by atoms with Crippen molar-refractivity contribution in [1.29, 1.82) is 0 Å². The Morgan fingerprint density at radius 1 is 1.16 bits per heavy atom. The van der Waals surface area contributed by atoms with Gasteiger partial charge in [-0.1, -0.05) is 22.0 Å². The Morgan fingerprint density at radius 3 is 2.53 bits per heavy atom. The Bertz CT molecular complexity index is 618. The van der Waals surface area contributed by atoms with Crippen LogP contribution in [-0.2, 0) is 6.42 Å². The Morgan fingerprint density at radius 2 is 1.89 bits per heavy atom. The van der Waals surface area contributed by atoms with E-state index in [2.05, 4.69) is 31.9 Å². The largest absolute Gasteiger partial charge is 0.294 e. The van der Waals surface area contributed by atoms with E-state index in [1.807, 2.05) is 19.1 Å². The zero-order valence-electron chi connectivity index (χ0n) is 10.2. The normalized spacial score (nSPS) is 10.5. The smallest absolute Gasteiger partial charge is 0.167 e. The summed E-state index contributed by atoms with van der Waals surface area (Å²) in [4.78, 5) is 12.2. The number of benzene rings is 2. The number of aryl methyl sites for hydroxylation is 1. The molecule has 98 valence electrons. The summed E-state index contributed by atoms with van der Waals surface area (Å²) in [5.74, 6) is -0.308. The van der Waals surface area contributed by atoms with E-state index in [4.69, 9.17) is 0 Å². The van der Waals surface area contributed by atoms with E-state index < -0.39 is 0 Å². The molecule has 0 heterocycles. The Labute approximate surface area is 128 Å². The summed E-state index contributed by atoms with van der Waals surface area (Å²) in [7, 11) is 0. The van der Waals surface area contributed by atoms with Crippen LogP contribution in [0.1, 0.15) is 21.5 Å². The first-order chi connectivity index (χ1) is 8.95. The van der Waals surface area contributed by atoms with Crippen molar-refractivity contribution in [3.05, 3.63) is 67.9 Å². The molecule has 0 aliphatic carbocycles. The third-order valence-corrected chi connectivity index (χ3v) is 3.78. The van der Waals surface area contributed by atoms with E-state index >= 15 is 0 Å². The van der Waals surface area contributed by atoms with Gasteiger partial charge in [-0.25, -0.2) is 4.39 Å². The van der Waals surface area contributed by atoms with Gasteiger partial charge in [0, 0.05) is 16.5 Å². The van der Waals surface area contributed by atoms with E-state index in [0.717, 1.165) is 15.6 Å². The average molecular weight is 386 g/mol. The molecule has 1 nitrogen and oxygen atoms in total. The van der Waals surface area contributed by atoms with Crippen molar-refractivity contribution in [1.82, 2.24) is 0 Å². The molecule has 2 rings (SSSR count). The molecule has 19 heavy (non-hydrogen) atoms. The molecule has 4 heteroatoms. The van der Waals surface area contributed by atoms with Gasteiger partial charge in [0.2, 0.25) is 0 Å². The zero-order chi connectivity index (χ0) is 14.0. The maximum absolute atomic E-state index is 13.1. The lowest BCUT2D eigenvalue weighted by atomic mass is 10.0. The molecule has 2 aromatic carbocycles. The molecule has 0 spiro atoms. The molecule has 0 N–H and O–H groups in total. The van der Waals surface area contributed by atoms with Gasteiger partial charge in [-0.15, -0.1) is 0 Å². The lowest BCUT2D eigenvalue weighted by Gasteiger charge is -2.05. The van der Waals surface area contributed by atoms with Gasteiger partial charge in [0.1, 0.15) is 5.82 Å². The number of halogens is 3. The molecule has 0 aliphatic rings. The van der Waals surface area contributed by atoms with Crippen LogP contribution < -0.4 is 0 Å². The summed E-state index contributed by atoms with van der Waals surface area (Å²) >= 11 is 6.50. The number of hydrogen-bond acceptors (Lipinski definition) is 1. The van der Waals surface area contributed by atoms with Crippen molar-refractivity contribution < 1.29 is 9.18 Å².